The smallest absolute Gasteiger partial charge is 0.278 e. The molecule has 7 heteroatoms. The van der Waals surface area contributed by atoms with Crippen molar-refractivity contribution < 1.29 is 14.0 Å². The number of para-hydroxylation sites is 1. The van der Waals surface area contributed by atoms with E-state index in [0.29, 0.717) is 48.5 Å². The normalized spacial score (nSPS) is 10.9. The Morgan fingerprint density at radius 2 is 1.41 bits per heavy atom. The van der Waals surface area contributed by atoms with Gasteiger partial charge in [0.15, 0.2) is 5.82 Å². The van der Waals surface area contributed by atoms with Crippen molar-refractivity contribution in [2.75, 3.05) is 0 Å². The average molecular weight is 453 g/mol. The summed E-state index contributed by atoms with van der Waals surface area (Å²) >= 11 is 0. The van der Waals surface area contributed by atoms with E-state index in [9.17, 15) is 0 Å². The molecule has 0 atom stereocenters. The Balaban J connectivity index is 1.48. The van der Waals surface area contributed by atoms with E-state index in [1.165, 1.54) is 0 Å². The predicted molar refractivity (Wildman–Crippen MR) is 128 cm³/mol. The van der Waals surface area contributed by atoms with Crippen LogP contribution in [0.5, 0.6) is 11.5 Å². The molecule has 0 N–H and O–H groups in total. The third-order valence-electron chi connectivity index (χ3n) is 5.28. The van der Waals surface area contributed by atoms with E-state index in [1.54, 1.807) is 6.33 Å². The second-order valence-corrected chi connectivity index (χ2v) is 7.69. The van der Waals surface area contributed by atoms with Crippen molar-refractivity contribution >= 4 is 0 Å². The van der Waals surface area contributed by atoms with Gasteiger partial charge in [-0.25, -0.2) is 4.98 Å². The second kappa shape index (κ2) is 10.0. The van der Waals surface area contributed by atoms with Gasteiger partial charge in [0.25, 0.3) is 5.89 Å². The molecule has 2 aromatic heterocycles. The summed E-state index contributed by atoms with van der Waals surface area (Å²) in [5, 5.41) is 3.97. The first-order valence-corrected chi connectivity index (χ1v) is 11.1. The van der Waals surface area contributed by atoms with E-state index >= 15 is 0 Å². The number of aryl methyl sites for hydroxylation is 1. The van der Waals surface area contributed by atoms with Gasteiger partial charge in [-0.15, -0.1) is 0 Å². The highest BCUT2D eigenvalue weighted by Gasteiger charge is 2.17. The monoisotopic (exact) mass is 452 g/mol. The molecule has 0 radical (unpaired) electrons. The van der Waals surface area contributed by atoms with E-state index in [4.69, 9.17) is 14.0 Å². The van der Waals surface area contributed by atoms with Crippen LogP contribution in [0.1, 0.15) is 23.9 Å². The van der Waals surface area contributed by atoms with E-state index in [1.807, 2.05) is 96.6 Å². The molecule has 5 aromatic rings. The van der Waals surface area contributed by atoms with Crippen molar-refractivity contribution in [1.82, 2.24) is 19.7 Å². The molecule has 0 amide bonds. The highest BCUT2D eigenvalue weighted by molar-refractivity contribution is 5.59. The van der Waals surface area contributed by atoms with Gasteiger partial charge in [0, 0.05) is 12.6 Å². The van der Waals surface area contributed by atoms with Gasteiger partial charge in [-0.3, -0.25) is 4.57 Å². The van der Waals surface area contributed by atoms with E-state index in [-0.39, 0.29) is 0 Å². The zero-order valence-electron chi connectivity index (χ0n) is 18.8. The second-order valence-electron chi connectivity index (χ2n) is 7.69. The lowest BCUT2D eigenvalue weighted by Gasteiger charge is -2.17. The number of hydrogen-bond donors (Lipinski definition) is 0. The predicted octanol–water partition coefficient (Wildman–Crippen LogP) is 5.64. The number of imidazole rings is 1. The number of rotatable bonds is 9. The maximum Gasteiger partial charge on any atom is 0.278 e. The lowest BCUT2D eigenvalue weighted by molar-refractivity contribution is 0.288. The maximum absolute atomic E-state index is 6.23. The third-order valence-corrected chi connectivity index (χ3v) is 5.28. The van der Waals surface area contributed by atoms with Gasteiger partial charge in [-0.05, 0) is 23.3 Å². The summed E-state index contributed by atoms with van der Waals surface area (Å²) in [6.07, 6.45) is 4.23. The Morgan fingerprint density at radius 3 is 1.97 bits per heavy atom. The minimum atomic E-state index is 0.380. The summed E-state index contributed by atoms with van der Waals surface area (Å²) in [6.45, 7) is 2.84. The number of aromatic nitrogens is 4. The average Bonchev–Trinajstić information content (AvgIpc) is 3.57. The lowest BCUT2D eigenvalue weighted by Crippen LogP contribution is -2.04. The van der Waals surface area contributed by atoms with Gasteiger partial charge < -0.3 is 14.0 Å². The number of benzene rings is 3. The molecule has 0 fully saturated rings. The minimum absolute atomic E-state index is 0.380. The molecule has 34 heavy (non-hydrogen) atoms. The molecule has 0 saturated heterocycles. The molecule has 0 bridgehead atoms. The van der Waals surface area contributed by atoms with Crippen LogP contribution in [0.25, 0.3) is 17.3 Å². The van der Waals surface area contributed by atoms with Crippen LogP contribution in [0.3, 0.4) is 0 Å². The topological polar surface area (TPSA) is 75.2 Å². The van der Waals surface area contributed by atoms with Gasteiger partial charge in [-0.2, -0.15) is 4.98 Å². The number of nitrogens with zero attached hydrogens (tertiary/aromatic N) is 4. The Kier molecular flexibility index (Phi) is 6.34. The van der Waals surface area contributed by atoms with Crippen LogP contribution in [-0.2, 0) is 19.6 Å². The van der Waals surface area contributed by atoms with E-state index < -0.39 is 0 Å². The summed E-state index contributed by atoms with van der Waals surface area (Å²) < 4.78 is 19.7. The summed E-state index contributed by atoms with van der Waals surface area (Å²) in [5.41, 5.74) is 3.49. The molecule has 2 heterocycles. The fourth-order valence-electron chi connectivity index (χ4n) is 3.52. The van der Waals surface area contributed by atoms with Gasteiger partial charge in [0.1, 0.15) is 42.4 Å². The minimum Gasteiger partial charge on any atom is -0.487 e. The first-order chi connectivity index (χ1) is 16.8. The van der Waals surface area contributed by atoms with Gasteiger partial charge in [-0.1, -0.05) is 78.8 Å². The van der Waals surface area contributed by atoms with Crippen LogP contribution in [0.15, 0.2) is 95.9 Å². The molecule has 0 aliphatic carbocycles. The van der Waals surface area contributed by atoms with Gasteiger partial charge >= 0.3 is 0 Å². The lowest BCUT2D eigenvalue weighted by atomic mass is 10.2. The Bertz CT molecular complexity index is 1290. The molecule has 0 spiro atoms. The standard InChI is InChI=1S/C27H24N4O3/c1-2-25-29-27(34-30-25)22-16-31(19-28-22)26-23(32-17-20-10-5-3-6-11-20)14-9-15-24(26)33-18-21-12-7-4-8-13-21/h3-16,19H,2,17-18H2,1H3. The van der Waals surface area contributed by atoms with Crippen molar-refractivity contribution in [2.24, 2.45) is 0 Å². The Labute approximate surface area is 197 Å². The summed E-state index contributed by atoms with van der Waals surface area (Å²) in [7, 11) is 0. The summed E-state index contributed by atoms with van der Waals surface area (Å²) in [6, 6.07) is 25.9. The van der Waals surface area contributed by atoms with Crippen LogP contribution >= 0.6 is 0 Å². The first kappa shape index (κ1) is 21.5. The van der Waals surface area contributed by atoms with Crippen LogP contribution in [-0.4, -0.2) is 19.7 Å². The van der Waals surface area contributed by atoms with Crippen LogP contribution < -0.4 is 9.47 Å². The van der Waals surface area contributed by atoms with Crippen molar-refractivity contribution in [2.45, 2.75) is 26.6 Å². The Hall–Kier alpha value is -4.39. The quantitative estimate of drug-likeness (QED) is 0.288. The molecule has 7 nitrogen and oxygen atoms in total. The molecule has 0 saturated carbocycles. The van der Waals surface area contributed by atoms with Gasteiger partial charge in [0.05, 0.1) is 0 Å². The maximum atomic E-state index is 6.23. The molecule has 3 aromatic carbocycles. The van der Waals surface area contributed by atoms with Crippen molar-refractivity contribution in [3.63, 3.8) is 0 Å². The highest BCUT2D eigenvalue weighted by Crippen LogP contribution is 2.34. The molecule has 5 rings (SSSR count). The van der Waals surface area contributed by atoms with Crippen molar-refractivity contribution in [3.05, 3.63) is 108 Å². The number of hydrogen-bond acceptors (Lipinski definition) is 6. The van der Waals surface area contributed by atoms with Crippen LogP contribution in [0.2, 0.25) is 0 Å². The molecule has 0 unspecified atom stereocenters. The van der Waals surface area contributed by atoms with Crippen LogP contribution in [0.4, 0.5) is 0 Å². The summed E-state index contributed by atoms with van der Waals surface area (Å²) in [5.74, 6) is 2.38. The molecule has 0 aliphatic heterocycles. The van der Waals surface area contributed by atoms with Crippen LogP contribution in [0, 0.1) is 0 Å². The molecule has 170 valence electrons. The largest absolute Gasteiger partial charge is 0.487 e. The number of ether oxygens (including phenoxy) is 2. The SMILES string of the molecule is CCc1noc(-c2cn(-c3c(OCc4ccccc4)cccc3OCc3ccccc3)cn2)n1. The summed E-state index contributed by atoms with van der Waals surface area (Å²) in [4.78, 5) is 8.87. The fourth-order valence-corrected chi connectivity index (χ4v) is 3.52. The fraction of sp³-hybridized carbons (Fsp3) is 0.148. The highest BCUT2D eigenvalue weighted by atomic mass is 16.5. The van der Waals surface area contributed by atoms with Crippen molar-refractivity contribution in [3.8, 4) is 28.8 Å². The zero-order chi connectivity index (χ0) is 23.2. The van der Waals surface area contributed by atoms with E-state index in [2.05, 4.69) is 15.1 Å². The van der Waals surface area contributed by atoms with E-state index in [0.717, 1.165) is 16.8 Å². The molecular formula is C27H24N4O3. The third kappa shape index (κ3) is 4.83. The van der Waals surface area contributed by atoms with Crippen molar-refractivity contribution in [1.29, 1.82) is 0 Å². The first-order valence-electron chi connectivity index (χ1n) is 11.1. The molecular weight excluding hydrogens is 428 g/mol. The zero-order valence-corrected chi connectivity index (χ0v) is 18.8. The molecule has 0 aliphatic rings. The Morgan fingerprint density at radius 1 is 0.794 bits per heavy atom. The van der Waals surface area contributed by atoms with Gasteiger partial charge in [0.2, 0.25) is 0 Å².